The Morgan fingerprint density at radius 2 is 1.93 bits per heavy atom. The molecule has 5 nitrogen and oxygen atoms in total. The standard InChI is InChI=1S/C22H18Cl2N4OS/c23-14-6-7-15(17(24)10-14)20-26-21-19(22(29)28(20)25)16-8-9-27(12-18(16)30-21)11-13-4-2-1-3-5-13/h1-7,10H,8-9,11-12,25H2. The van der Waals surface area contributed by atoms with Gasteiger partial charge in [-0.1, -0.05) is 53.5 Å². The monoisotopic (exact) mass is 456 g/mol. The van der Waals surface area contributed by atoms with E-state index in [1.165, 1.54) is 10.4 Å². The third kappa shape index (κ3) is 3.40. The SMILES string of the molecule is Nn1c(-c2ccc(Cl)cc2Cl)nc2sc3c(c2c1=O)CCN(Cc1ccccc1)C3. The molecule has 4 aromatic rings. The van der Waals surface area contributed by atoms with E-state index >= 15 is 0 Å². The van der Waals surface area contributed by atoms with Crippen LogP contribution in [0.2, 0.25) is 10.0 Å². The Labute approximate surface area is 187 Å². The van der Waals surface area contributed by atoms with Gasteiger partial charge in [0.05, 0.1) is 10.4 Å². The third-order valence-electron chi connectivity index (χ3n) is 5.41. The second kappa shape index (κ2) is 7.71. The minimum Gasteiger partial charge on any atom is -0.334 e. The van der Waals surface area contributed by atoms with Crippen molar-refractivity contribution in [3.05, 3.63) is 84.9 Å². The summed E-state index contributed by atoms with van der Waals surface area (Å²) in [5.74, 6) is 6.50. The molecule has 0 fully saturated rings. The summed E-state index contributed by atoms with van der Waals surface area (Å²) in [4.78, 5) is 22.1. The molecule has 0 aliphatic carbocycles. The van der Waals surface area contributed by atoms with Gasteiger partial charge < -0.3 is 5.84 Å². The molecule has 2 N–H and O–H groups in total. The summed E-state index contributed by atoms with van der Waals surface area (Å²) < 4.78 is 1.10. The van der Waals surface area contributed by atoms with Crippen molar-refractivity contribution in [1.29, 1.82) is 0 Å². The number of fused-ring (bicyclic) bond motifs is 3. The van der Waals surface area contributed by atoms with Gasteiger partial charge in [0.1, 0.15) is 4.83 Å². The van der Waals surface area contributed by atoms with Crippen LogP contribution in [0, 0.1) is 0 Å². The van der Waals surface area contributed by atoms with Crippen LogP contribution in [0.3, 0.4) is 0 Å². The van der Waals surface area contributed by atoms with Crippen molar-refractivity contribution in [2.75, 3.05) is 12.4 Å². The lowest BCUT2D eigenvalue weighted by atomic mass is 10.0. The lowest BCUT2D eigenvalue weighted by molar-refractivity contribution is 0.249. The number of halogens is 2. The second-order valence-electron chi connectivity index (χ2n) is 7.36. The van der Waals surface area contributed by atoms with Crippen molar-refractivity contribution >= 4 is 44.8 Å². The molecule has 152 valence electrons. The number of nitrogens with two attached hydrogens (primary N) is 1. The Balaban J connectivity index is 1.55. The van der Waals surface area contributed by atoms with Crippen molar-refractivity contribution < 1.29 is 0 Å². The van der Waals surface area contributed by atoms with Gasteiger partial charge in [-0.15, -0.1) is 11.3 Å². The summed E-state index contributed by atoms with van der Waals surface area (Å²) in [5.41, 5.74) is 2.70. The zero-order valence-corrected chi connectivity index (χ0v) is 18.3. The van der Waals surface area contributed by atoms with Gasteiger partial charge in [-0.3, -0.25) is 9.69 Å². The zero-order valence-electron chi connectivity index (χ0n) is 15.9. The molecular formula is C22H18Cl2N4OS. The second-order valence-corrected chi connectivity index (χ2v) is 9.29. The van der Waals surface area contributed by atoms with Gasteiger partial charge in [-0.2, -0.15) is 0 Å². The Bertz CT molecular complexity index is 1320. The fraction of sp³-hybridized carbons (Fsp3) is 0.182. The van der Waals surface area contributed by atoms with Gasteiger partial charge in [0, 0.05) is 35.1 Å². The first-order chi connectivity index (χ1) is 14.5. The molecule has 0 bridgehead atoms. The number of hydrogen-bond donors (Lipinski definition) is 1. The van der Waals surface area contributed by atoms with E-state index in [0.717, 1.165) is 36.3 Å². The molecule has 1 aliphatic heterocycles. The fourth-order valence-corrected chi connectivity index (χ4v) is 5.69. The highest BCUT2D eigenvalue weighted by atomic mass is 35.5. The van der Waals surface area contributed by atoms with Crippen LogP contribution < -0.4 is 11.4 Å². The van der Waals surface area contributed by atoms with E-state index in [1.807, 2.05) is 6.07 Å². The van der Waals surface area contributed by atoms with E-state index < -0.39 is 0 Å². The normalized spacial score (nSPS) is 14.2. The van der Waals surface area contributed by atoms with Crippen molar-refractivity contribution in [1.82, 2.24) is 14.6 Å². The molecule has 3 heterocycles. The number of aromatic nitrogens is 2. The van der Waals surface area contributed by atoms with Crippen LogP contribution in [-0.4, -0.2) is 21.1 Å². The Hall–Kier alpha value is -2.38. The first-order valence-corrected chi connectivity index (χ1v) is 11.1. The molecule has 0 saturated heterocycles. The van der Waals surface area contributed by atoms with E-state index in [9.17, 15) is 4.79 Å². The number of thiophene rings is 1. The first kappa shape index (κ1) is 19.6. The summed E-state index contributed by atoms with van der Waals surface area (Å²) >= 11 is 13.9. The average molecular weight is 457 g/mol. The number of benzene rings is 2. The summed E-state index contributed by atoms with van der Waals surface area (Å²) in [6.07, 6.45) is 0.806. The maximum absolute atomic E-state index is 13.1. The van der Waals surface area contributed by atoms with E-state index in [4.69, 9.17) is 34.0 Å². The highest BCUT2D eigenvalue weighted by molar-refractivity contribution is 7.18. The summed E-state index contributed by atoms with van der Waals surface area (Å²) in [6, 6.07) is 15.5. The Morgan fingerprint density at radius 1 is 1.13 bits per heavy atom. The van der Waals surface area contributed by atoms with Crippen molar-refractivity contribution in [2.24, 2.45) is 0 Å². The van der Waals surface area contributed by atoms with E-state index in [0.29, 0.717) is 31.6 Å². The van der Waals surface area contributed by atoms with Crippen LogP contribution in [0.1, 0.15) is 16.0 Å². The topological polar surface area (TPSA) is 64.2 Å². The maximum atomic E-state index is 13.1. The van der Waals surface area contributed by atoms with E-state index in [1.54, 1.807) is 29.5 Å². The largest absolute Gasteiger partial charge is 0.334 e. The molecule has 0 spiro atoms. The van der Waals surface area contributed by atoms with Crippen LogP contribution in [0.25, 0.3) is 21.6 Å². The van der Waals surface area contributed by atoms with Crippen molar-refractivity contribution in [3.63, 3.8) is 0 Å². The predicted octanol–water partition coefficient (Wildman–Crippen LogP) is 4.70. The van der Waals surface area contributed by atoms with Crippen LogP contribution >= 0.6 is 34.5 Å². The fourth-order valence-electron chi connectivity index (χ4n) is 3.95. The number of rotatable bonds is 3. The number of hydrogen-bond acceptors (Lipinski definition) is 5. The Kier molecular flexibility index (Phi) is 5.03. The summed E-state index contributed by atoms with van der Waals surface area (Å²) in [7, 11) is 0. The minimum absolute atomic E-state index is 0.241. The molecule has 0 radical (unpaired) electrons. The predicted molar refractivity (Wildman–Crippen MR) is 124 cm³/mol. The average Bonchev–Trinajstić information content (AvgIpc) is 3.09. The Morgan fingerprint density at radius 3 is 2.70 bits per heavy atom. The zero-order chi connectivity index (χ0) is 20.8. The van der Waals surface area contributed by atoms with Gasteiger partial charge in [-0.05, 0) is 35.7 Å². The van der Waals surface area contributed by atoms with Gasteiger partial charge >= 0.3 is 0 Å². The van der Waals surface area contributed by atoms with Gasteiger partial charge in [0.25, 0.3) is 5.56 Å². The number of nitrogen functional groups attached to an aromatic ring is 1. The van der Waals surface area contributed by atoms with Crippen LogP contribution in [0.5, 0.6) is 0 Å². The van der Waals surface area contributed by atoms with Crippen molar-refractivity contribution in [2.45, 2.75) is 19.5 Å². The summed E-state index contributed by atoms with van der Waals surface area (Å²) in [6.45, 7) is 2.57. The van der Waals surface area contributed by atoms with Crippen LogP contribution in [-0.2, 0) is 19.5 Å². The molecule has 2 aromatic carbocycles. The van der Waals surface area contributed by atoms with Crippen molar-refractivity contribution in [3.8, 4) is 11.4 Å². The molecule has 0 amide bonds. The molecule has 30 heavy (non-hydrogen) atoms. The van der Waals surface area contributed by atoms with E-state index in [2.05, 4.69) is 29.2 Å². The first-order valence-electron chi connectivity index (χ1n) is 9.55. The smallest absolute Gasteiger partial charge is 0.281 e. The molecule has 5 rings (SSSR count). The molecule has 8 heteroatoms. The van der Waals surface area contributed by atoms with Crippen LogP contribution in [0.4, 0.5) is 0 Å². The van der Waals surface area contributed by atoms with Gasteiger partial charge in [0.2, 0.25) is 0 Å². The lowest BCUT2D eigenvalue weighted by Crippen LogP contribution is -2.32. The molecule has 1 aliphatic rings. The molecular weight excluding hydrogens is 439 g/mol. The maximum Gasteiger partial charge on any atom is 0.281 e. The highest BCUT2D eigenvalue weighted by Gasteiger charge is 2.25. The molecule has 0 saturated carbocycles. The van der Waals surface area contributed by atoms with Gasteiger partial charge in [-0.25, -0.2) is 9.66 Å². The number of nitrogens with zero attached hydrogens (tertiary/aromatic N) is 3. The highest BCUT2D eigenvalue weighted by Crippen LogP contribution is 2.35. The molecule has 0 unspecified atom stereocenters. The lowest BCUT2D eigenvalue weighted by Gasteiger charge is -2.26. The molecule has 0 atom stereocenters. The minimum atomic E-state index is -0.241. The van der Waals surface area contributed by atoms with E-state index in [-0.39, 0.29) is 5.56 Å². The van der Waals surface area contributed by atoms with Crippen LogP contribution in [0.15, 0.2) is 53.3 Å². The third-order valence-corrected chi connectivity index (χ3v) is 7.07. The molecule has 2 aromatic heterocycles. The quantitative estimate of drug-likeness (QED) is 0.453. The summed E-state index contributed by atoms with van der Waals surface area (Å²) in [5, 5.41) is 1.55. The van der Waals surface area contributed by atoms with Gasteiger partial charge in [0.15, 0.2) is 5.82 Å².